The Bertz CT molecular complexity index is 845. The summed E-state index contributed by atoms with van der Waals surface area (Å²) < 4.78 is 66.8. The largest absolute Gasteiger partial charge is 0.493 e. The van der Waals surface area contributed by atoms with Gasteiger partial charge >= 0.3 is 6.18 Å². The van der Waals surface area contributed by atoms with Gasteiger partial charge in [0.05, 0.1) is 18.8 Å². The fraction of sp³-hybridized carbons (Fsp3) is 0.364. The van der Waals surface area contributed by atoms with Gasteiger partial charge in [-0.2, -0.15) is 17.6 Å². The van der Waals surface area contributed by atoms with Crippen molar-refractivity contribution in [3.63, 3.8) is 0 Å². The maximum absolute atomic E-state index is 12.7. The highest BCUT2D eigenvalue weighted by Gasteiger charge is 2.30. The normalized spacial score (nSPS) is 12.0. The molecule has 0 N–H and O–H groups in total. The molecule has 8 heteroatoms. The minimum Gasteiger partial charge on any atom is -0.493 e. The van der Waals surface area contributed by atoms with Gasteiger partial charge < -0.3 is 14.2 Å². The summed E-state index contributed by atoms with van der Waals surface area (Å²) in [6.45, 7) is 4.73. The van der Waals surface area contributed by atoms with Gasteiger partial charge in [-0.15, -0.1) is 0 Å². The molecule has 0 atom stereocenters. The second kappa shape index (κ2) is 11.2. The van der Waals surface area contributed by atoms with Gasteiger partial charge in [-0.1, -0.05) is 6.92 Å². The number of rotatable bonds is 10. The van der Waals surface area contributed by atoms with Crippen molar-refractivity contribution in [2.45, 2.75) is 32.9 Å². The van der Waals surface area contributed by atoms with Crippen molar-refractivity contribution in [1.82, 2.24) is 0 Å². The molecule has 0 saturated heterocycles. The molecule has 3 nitrogen and oxygen atoms in total. The lowest BCUT2D eigenvalue weighted by Gasteiger charge is -2.16. The fourth-order valence-corrected chi connectivity index (χ4v) is 2.86. The van der Waals surface area contributed by atoms with Gasteiger partial charge in [0, 0.05) is 6.42 Å². The topological polar surface area (TPSA) is 27.7 Å². The molecule has 0 spiro atoms. The molecule has 0 aromatic heterocycles. The summed E-state index contributed by atoms with van der Waals surface area (Å²) >= 11 is 2.71. The molecule has 0 aliphatic rings. The van der Waals surface area contributed by atoms with E-state index >= 15 is 0 Å². The van der Waals surface area contributed by atoms with Crippen LogP contribution in [-0.2, 0) is 12.6 Å². The van der Waals surface area contributed by atoms with E-state index in [1.165, 1.54) is 18.2 Å². The van der Waals surface area contributed by atoms with Gasteiger partial charge in [-0.3, -0.25) is 0 Å². The Balaban J connectivity index is 1.84. The zero-order valence-electron chi connectivity index (χ0n) is 16.7. The highest BCUT2D eigenvalue weighted by atomic mass is 79.9. The monoisotopic (exact) mass is 490 g/mol. The Kier molecular flexibility index (Phi) is 9.02. The number of halogens is 5. The Hall–Kier alpha value is -2.22. The Labute approximate surface area is 181 Å². The SMILES string of the molecule is CCc1cc(OCC=C(F)Br)cc(C)c1OCCCOc1ccc(C(F)(F)F)cc1. The second-order valence-corrected chi connectivity index (χ2v) is 7.22. The zero-order valence-corrected chi connectivity index (χ0v) is 18.3. The van der Waals surface area contributed by atoms with Crippen LogP contribution in [0.3, 0.4) is 0 Å². The Morgan fingerprint density at radius 2 is 1.67 bits per heavy atom. The van der Waals surface area contributed by atoms with E-state index in [-0.39, 0.29) is 6.61 Å². The van der Waals surface area contributed by atoms with Crippen molar-refractivity contribution in [3.8, 4) is 17.2 Å². The quantitative estimate of drug-likeness (QED) is 0.264. The first-order valence-corrected chi connectivity index (χ1v) is 10.2. The van der Waals surface area contributed by atoms with E-state index in [1.54, 1.807) is 0 Å². The van der Waals surface area contributed by atoms with Crippen LogP contribution in [0, 0.1) is 6.92 Å². The number of hydrogen-bond donors (Lipinski definition) is 0. The predicted molar refractivity (Wildman–Crippen MR) is 111 cm³/mol. The predicted octanol–water partition coefficient (Wildman–Crippen LogP) is 7.01. The van der Waals surface area contributed by atoms with E-state index < -0.39 is 16.5 Å². The third-order valence-electron chi connectivity index (χ3n) is 4.18. The molecule has 0 unspecified atom stereocenters. The molecule has 2 rings (SSSR count). The molecule has 0 saturated carbocycles. The standard InChI is InChI=1S/C22H23BrF4O3/c1-3-16-14-19(29-12-9-20(23)24)13-15(2)21(16)30-11-4-10-28-18-7-5-17(6-8-18)22(25,26)27/h5-9,13-14H,3-4,10-12H2,1-2H3. The molecule has 30 heavy (non-hydrogen) atoms. The van der Waals surface area contributed by atoms with Crippen LogP contribution < -0.4 is 14.2 Å². The lowest BCUT2D eigenvalue weighted by Crippen LogP contribution is -2.08. The molecule has 0 aliphatic heterocycles. The van der Waals surface area contributed by atoms with Crippen molar-refractivity contribution in [2.24, 2.45) is 0 Å². The van der Waals surface area contributed by atoms with E-state index in [1.807, 2.05) is 26.0 Å². The number of hydrogen-bond acceptors (Lipinski definition) is 3. The molecule has 0 fully saturated rings. The van der Waals surface area contributed by atoms with Crippen LogP contribution in [0.2, 0.25) is 0 Å². The van der Waals surface area contributed by atoms with Crippen LogP contribution in [0.1, 0.15) is 30.0 Å². The van der Waals surface area contributed by atoms with Gasteiger partial charge in [-0.05, 0) is 82.9 Å². The van der Waals surface area contributed by atoms with E-state index in [0.717, 1.165) is 35.4 Å². The van der Waals surface area contributed by atoms with Crippen LogP contribution in [-0.4, -0.2) is 19.8 Å². The number of benzene rings is 2. The number of alkyl halides is 3. The number of ether oxygens (including phenoxy) is 3. The van der Waals surface area contributed by atoms with Crippen molar-refractivity contribution < 1.29 is 31.8 Å². The first-order valence-electron chi connectivity index (χ1n) is 9.41. The molecular weight excluding hydrogens is 468 g/mol. The Morgan fingerprint density at radius 1 is 1.00 bits per heavy atom. The van der Waals surface area contributed by atoms with Gasteiger partial charge in [0.25, 0.3) is 0 Å². The average molecular weight is 491 g/mol. The maximum Gasteiger partial charge on any atom is 0.416 e. The molecule has 0 aliphatic carbocycles. The van der Waals surface area contributed by atoms with E-state index in [4.69, 9.17) is 14.2 Å². The van der Waals surface area contributed by atoms with Crippen LogP contribution in [0.15, 0.2) is 47.2 Å². The second-order valence-electron chi connectivity index (χ2n) is 6.46. The van der Waals surface area contributed by atoms with Gasteiger partial charge in [0.15, 0.2) is 4.74 Å². The molecule has 0 radical (unpaired) electrons. The molecule has 2 aromatic carbocycles. The minimum atomic E-state index is -4.36. The highest BCUT2D eigenvalue weighted by Crippen LogP contribution is 2.31. The fourth-order valence-electron chi connectivity index (χ4n) is 2.73. The molecule has 164 valence electrons. The van der Waals surface area contributed by atoms with Crippen LogP contribution in [0.5, 0.6) is 17.2 Å². The van der Waals surface area contributed by atoms with E-state index in [2.05, 4.69) is 15.9 Å². The van der Waals surface area contributed by atoms with Crippen molar-refractivity contribution >= 4 is 15.9 Å². The first kappa shape index (κ1) is 24.1. The summed E-state index contributed by atoms with van der Waals surface area (Å²) in [5, 5.41) is 0. The van der Waals surface area contributed by atoms with Gasteiger partial charge in [-0.25, -0.2) is 0 Å². The summed E-state index contributed by atoms with van der Waals surface area (Å²) in [5.74, 6) is 1.78. The number of aryl methyl sites for hydroxylation is 2. The third-order valence-corrected chi connectivity index (χ3v) is 4.50. The van der Waals surface area contributed by atoms with Gasteiger partial charge in [0.1, 0.15) is 23.9 Å². The molecule has 0 heterocycles. The van der Waals surface area contributed by atoms with Crippen LogP contribution >= 0.6 is 15.9 Å². The highest BCUT2D eigenvalue weighted by molar-refractivity contribution is 9.11. The molecular formula is C22H23BrF4O3. The van der Waals surface area contributed by atoms with Crippen molar-refractivity contribution in [1.29, 1.82) is 0 Å². The summed E-state index contributed by atoms with van der Waals surface area (Å²) in [4.78, 5) is 0. The average Bonchev–Trinajstić information content (AvgIpc) is 2.68. The summed E-state index contributed by atoms with van der Waals surface area (Å²) in [6, 6.07) is 8.29. The molecule has 0 amide bonds. The van der Waals surface area contributed by atoms with E-state index in [0.29, 0.717) is 31.1 Å². The lowest BCUT2D eigenvalue weighted by molar-refractivity contribution is -0.137. The van der Waals surface area contributed by atoms with Gasteiger partial charge in [0.2, 0.25) is 0 Å². The Morgan fingerprint density at radius 3 is 2.27 bits per heavy atom. The van der Waals surface area contributed by atoms with Crippen molar-refractivity contribution in [2.75, 3.05) is 19.8 Å². The maximum atomic E-state index is 12.7. The lowest BCUT2D eigenvalue weighted by atomic mass is 10.1. The van der Waals surface area contributed by atoms with Crippen LogP contribution in [0.25, 0.3) is 0 Å². The summed E-state index contributed by atoms with van der Waals surface area (Å²) in [5.41, 5.74) is 1.16. The van der Waals surface area contributed by atoms with Crippen LogP contribution in [0.4, 0.5) is 17.6 Å². The first-order chi connectivity index (χ1) is 14.2. The molecule has 2 aromatic rings. The van der Waals surface area contributed by atoms with E-state index in [9.17, 15) is 17.6 Å². The zero-order chi connectivity index (χ0) is 22.1. The third kappa shape index (κ3) is 7.55. The summed E-state index contributed by atoms with van der Waals surface area (Å²) in [7, 11) is 0. The molecule has 0 bridgehead atoms. The summed E-state index contributed by atoms with van der Waals surface area (Å²) in [6.07, 6.45) is -1.78. The van der Waals surface area contributed by atoms with Crippen molar-refractivity contribution in [3.05, 3.63) is 63.9 Å². The minimum absolute atomic E-state index is 0.112. The smallest absolute Gasteiger partial charge is 0.416 e.